The standard InChI is InChI=1S/C22H38O2/c1-2-3-4-5-6-7-8-9-10-11-12-13-14-15-16-17-18-19-20-21-22(23)24/h9-10,13-14,17-18H,2-8,11-12,15-16,19-21H2,1H3,(H,23,24)/b10-9+,14-13+,18-17+. The number of hydrogen-bond donors (Lipinski definition) is 1. The molecule has 0 fully saturated rings. The zero-order chi connectivity index (χ0) is 17.7. The van der Waals surface area contributed by atoms with E-state index in [9.17, 15) is 4.79 Å². The van der Waals surface area contributed by atoms with Crippen molar-refractivity contribution in [3.05, 3.63) is 36.5 Å². The fourth-order valence-corrected chi connectivity index (χ4v) is 2.51. The first-order chi connectivity index (χ1) is 11.8. The Labute approximate surface area is 149 Å². The molecule has 1 N–H and O–H groups in total. The number of rotatable bonds is 17. The van der Waals surface area contributed by atoms with E-state index in [-0.39, 0.29) is 6.42 Å². The fraction of sp³-hybridized carbons (Fsp3) is 0.682. The van der Waals surface area contributed by atoms with Crippen molar-refractivity contribution in [2.75, 3.05) is 0 Å². The highest BCUT2D eigenvalue weighted by atomic mass is 16.4. The quantitative estimate of drug-likeness (QED) is 0.225. The normalized spacial score (nSPS) is 12.0. The summed E-state index contributed by atoms with van der Waals surface area (Å²) in [6.45, 7) is 2.26. The van der Waals surface area contributed by atoms with Crippen LogP contribution in [0.2, 0.25) is 0 Å². The van der Waals surface area contributed by atoms with Gasteiger partial charge in [0.25, 0.3) is 0 Å². The molecule has 0 spiro atoms. The van der Waals surface area contributed by atoms with Crippen LogP contribution in [0.25, 0.3) is 0 Å². The Bertz CT molecular complexity index is 353. The van der Waals surface area contributed by atoms with E-state index < -0.39 is 5.97 Å². The molecule has 0 rings (SSSR count). The number of carbonyl (C=O) groups is 1. The van der Waals surface area contributed by atoms with Gasteiger partial charge in [-0.15, -0.1) is 0 Å². The Morgan fingerprint density at radius 1 is 0.625 bits per heavy atom. The maximum Gasteiger partial charge on any atom is 0.303 e. The summed E-state index contributed by atoms with van der Waals surface area (Å²) in [6, 6.07) is 0. The van der Waals surface area contributed by atoms with E-state index in [0.29, 0.717) is 0 Å². The van der Waals surface area contributed by atoms with E-state index in [0.717, 1.165) is 38.5 Å². The Balaban J connectivity index is 3.27. The van der Waals surface area contributed by atoms with Crippen molar-refractivity contribution >= 4 is 5.97 Å². The van der Waals surface area contributed by atoms with Crippen molar-refractivity contribution in [1.29, 1.82) is 0 Å². The molecule has 0 heterocycles. The molecule has 0 aromatic heterocycles. The fourth-order valence-electron chi connectivity index (χ4n) is 2.51. The van der Waals surface area contributed by atoms with Crippen molar-refractivity contribution in [3.63, 3.8) is 0 Å². The van der Waals surface area contributed by atoms with Gasteiger partial charge in [0, 0.05) is 6.42 Å². The Morgan fingerprint density at radius 2 is 1.04 bits per heavy atom. The molecule has 0 radical (unpaired) electrons. The van der Waals surface area contributed by atoms with Gasteiger partial charge in [0.05, 0.1) is 0 Å². The topological polar surface area (TPSA) is 37.3 Å². The van der Waals surface area contributed by atoms with Gasteiger partial charge in [0.15, 0.2) is 0 Å². The zero-order valence-corrected chi connectivity index (χ0v) is 15.7. The van der Waals surface area contributed by atoms with Crippen LogP contribution in [0.5, 0.6) is 0 Å². The number of carboxylic acid groups (broad SMARTS) is 1. The van der Waals surface area contributed by atoms with Gasteiger partial charge in [-0.1, -0.05) is 75.5 Å². The smallest absolute Gasteiger partial charge is 0.303 e. The molecular weight excluding hydrogens is 296 g/mol. The first-order valence-electron chi connectivity index (χ1n) is 9.94. The summed E-state index contributed by atoms with van der Waals surface area (Å²) >= 11 is 0. The van der Waals surface area contributed by atoms with Crippen molar-refractivity contribution in [3.8, 4) is 0 Å². The van der Waals surface area contributed by atoms with Gasteiger partial charge in [-0.3, -0.25) is 4.79 Å². The van der Waals surface area contributed by atoms with Crippen LogP contribution in [-0.4, -0.2) is 11.1 Å². The third-order valence-corrected chi connectivity index (χ3v) is 3.99. The number of aliphatic carboxylic acids is 1. The highest BCUT2D eigenvalue weighted by Crippen LogP contribution is 2.07. The van der Waals surface area contributed by atoms with Crippen LogP contribution >= 0.6 is 0 Å². The Morgan fingerprint density at radius 3 is 1.54 bits per heavy atom. The SMILES string of the molecule is CCCCCCCC/C=C/CC/C=C/CC/C=C/CCCC(=O)O. The van der Waals surface area contributed by atoms with Crippen LogP contribution in [0.4, 0.5) is 0 Å². The van der Waals surface area contributed by atoms with E-state index in [4.69, 9.17) is 5.11 Å². The molecule has 138 valence electrons. The molecule has 0 bridgehead atoms. The molecule has 0 aromatic carbocycles. The third-order valence-electron chi connectivity index (χ3n) is 3.99. The predicted molar refractivity (Wildman–Crippen MR) is 105 cm³/mol. The number of carboxylic acids is 1. The molecule has 0 saturated carbocycles. The molecule has 0 aliphatic carbocycles. The van der Waals surface area contributed by atoms with Crippen molar-refractivity contribution in [2.24, 2.45) is 0 Å². The van der Waals surface area contributed by atoms with Crippen LogP contribution in [0.15, 0.2) is 36.5 Å². The number of allylic oxidation sites excluding steroid dienone is 6. The number of hydrogen-bond acceptors (Lipinski definition) is 1. The van der Waals surface area contributed by atoms with Crippen molar-refractivity contribution in [2.45, 2.75) is 96.8 Å². The average Bonchev–Trinajstić information content (AvgIpc) is 2.56. The molecule has 0 amide bonds. The lowest BCUT2D eigenvalue weighted by molar-refractivity contribution is -0.137. The van der Waals surface area contributed by atoms with Gasteiger partial charge in [-0.05, 0) is 51.4 Å². The van der Waals surface area contributed by atoms with Gasteiger partial charge in [0.1, 0.15) is 0 Å². The lowest BCUT2D eigenvalue weighted by Gasteiger charge is -1.97. The zero-order valence-electron chi connectivity index (χ0n) is 15.7. The monoisotopic (exact) mass is 334 g/mol. The highest BCUT2D eigenvalue weighted by Gasteiger charge is 1.92. The van der Waals surface area contributed by atoms with E-state index >= 15 is 0 Å². The van der Waals surface area contributed by atoms with Crippen LogP contribution in [0.3, 0.4) is 0 Å². The summed E-state index contributed by atoms with van der Waals surface area (Å²) in [5.74, 6) is -0.702. The van der Waals surface area contributed by atoms with E-state index in [1.54, 1.807) is 0 Å². The summed E-state index contributed by atoms with van der Waals surface area (Å²) in [5.41, 5.74) is 0. The van der Waals surface area contributed by atoms with Gasteiger partial charge in [0.2, 0.25) is 0 Å². The van der Waals surface area contributed by atoms with Gasteiger partial charge in [-0.25, -0.2) is 0 Å². The lowest BCUT2D eigenvalue weighted by atomic mass is 10.1. The van der Waals surface area contributed by atoms with Crippen LogP contribution < -0.4 is 0 Å². The Hall–Kier alpha value is -1.31. The van der Waals surface area contributed by atoms with Crippen LogP contribution in [-0.2, 0) is 4.79 Å². The molecule has 24 heavy (non-hydrogen) atoms. The lowest BCUT2D eigenvalue weighted by Crippen LogP contribution is -1.92. The molecule has 0 aliphatic rings. The van der Waals surface area contributed by atoms with Gasteiger partial charge < -0.3 is 5.11 Å². The molecule has 0 aliphatic heterocycles. The second-order valence-corrected chi connectivity index (χ2v) is 6.41. The maximum atomic E-state index is 10.3. The molecule has 0 unspecified atom stereocenters. The minimum Gasteiger partial charge on any atom is -0.481 e. The third kappa shape index (κ3) is 20.7. The van der Waals surface area contributed by atoms with E-state index in [1.807, 2.05) is 0 Å². The predicted octanol–water partition coefficient (Wildman–Crippen LogP) is 7.22. The molecule has 2 nitrogen and oxygen atoms in total. The maximum absolute atomic E-state index is 10.3. The van der Waals surface area contributed by atoms with Crippen molar-refractivity contribution in [1.82, 2.24) is 0 Å². The molecule has 0 aromatic rings. The highest BCUT2D eigenvalue weighted by molar-refractivity contribution is 5.66. The van der Waals surface area contributed by atoms with E-state index in [1.165, 1.54) is 44.9 Å². The van der Waals surface area contributed by atoms with Crippen LogP contribution in [0.1, 0.15) is 96.8 Å². The summed E-state index contributed by atoms with van der Waals surface area (Å²) in [4.78, 5) is 10.3. The molecule has 0 saturated heterocycles. The number of unbranched alkanes of at least 4 members (excludes halogenated alkanes) is 9. The first kappa shape index (κ1) is 22.7. The summed E-state index contributed by atoms with van der Waals surface area (Å²) in [7, 11) is 0. The average molecular weight is 335 g/mol. The largest absolute Gasteiger partial charge is 0.481 e. The second-order valence-electron chi connectivity index (χ2n) is 6.41. The first-order valence-corrected chi connectivity index (χ1v) is 9.94. The minimum atomic E-state index is -0.702. The minimum absolute atomic E-state index is 0.274. The summed E-state index contributed by atoms with van der Waals surface area (Å²) in [5, 5.41) is 8.52. The summed E-state index contributed by atoms with van der Waals surface area (Å²) < 4.78 is 0. The van der Waals surface area contributed by atoms with Gasteiger partial charge >= 0.3 is 5.97 Å². The Kier molecular flexibility index (Phi) is 18.7. The van der Waals surface area contributed by atoms with Crippen molar-refractivity contribution < 1.29 is 9.90 Å². The molecule has 0 atom stereocenters. The van der Waals surface area contributed by atoms with Crippen LogP contribution in [0, 0.1) is 0 Å². The van der Waals surface area contributed by atoms with Gasteiger partial charge in [-0.2, -0.15) is 0 Å². The molecular formula is C22H38O2. The molecule has 2 heteroatoms. The second kappa shape index (κ2) is 19.7. The van der Waals surface area contributed by atoms with E-state index in [2.05, 4.69) is 43.4 Å². The summed E-state index contributed by atoms with van der Waals surface area (Å²) in [6.07, 6.45) is 29.2.